The second-order valence-electron chi connectivity index (χ2n) is 7.84. The number of anilines is 2. The number of benzene rings is 2. The first-order valence-corrected chi connectivity index (χ1v) is 10.4. The number of rotatable bonds is 9. The number of hydrogen-bond donors (Lipinski definition) is 2. The minimum absolute atomic E-state index is 0.132. The first-order chi connectivity index (χ1) is 15.5. The van der Waals surface area contributed by atoms with Crippen LogP contribution in [0.25, 0.3) is 0 Å². The summed E-state index contributed by atoms with van der Waals surface area (Å²) in [6, 6.07) is 17.1. The summed E-state index contributed by atoms with van der Waals surface area (Å²) in [6.07, 6.45) is 3.49. The average Bonchev–Trinajstić information content (AvgIpc) is 3.63. The molecule has 1 aliphatic carbocycles. The molecular formula is C24H23FN6O. The maximum absolute atomic E-state index is 15.3. The zero-order valence-electron chi connectivity index (χ0n) is 17.5. The van der Waals surface area contributed by atoms with Crippen LogP contribution in [0, 0.1) is 17.1 Å². The first kappa shape index (κ1) is 21.2. The van der Waals surface area contributed by atoms with Crippen molar-refractivity contribution < 1.29 is 9.18 Å². The number of carbonyl (C=O) groups is 1. The Kier molecular flexibility index (Phi) is 6.26. The highest BCUT2D eigenvalue weighted by atomic mass is 19.1. The van der Waals surface area contributed by atoms with E-state index in [0.717, 1.165) is 29.5 Å². The van der Waals surface area contributed by atoms with Crippen molar-refractivity contribution in [2.75, 3.05) is 10.2 Å². The summed E-state index contributed by atoms with van der Waals surface area (Å²) in [5.41, 5.74) is 8.47. The van der Waals surface area contributed by atoms with Gasteiger partial charge < -0.3 is 16.0 Å². The van der Waals surface area contributed by atoms with Gasteiger partial charge in [-0.3, -0.25) is 4.79 Å². The van der Waals surface area contributed by atoms with Crippen LogP contribution in [-0.2, 0) is 24.3 Å². The Morgan fingerprint density at radius 1 is 1.16 bits per heavy atom. The zero-order valence-corrected chi connectivity index (χ0v) is 17.5. The van der Waals surface area contributed by atoms with Crippen LogP contribution in [0.4, 0.5) is 16.0 Å². The third kappa shape index (κ3) is 5.19. The van der Waals surface area contributed by atoms with E-state index in [2.05, 4.69) is 21.4 Å². The summed E-state index contributed by atoms with van der Waals surface area (Å²) in [6.45, 7) is 0.840. The average molecular weight is 430 g/mol. The van der Waals surface area contributed by atoms with Gasteiger partial charge in [0, 0.05) is 19.1 Å². The Labute approximate surface area is 185 Å². The summed E-state index contributed by atoms with van der Waals surface area (Å²) >= 11 is 0. The highest BCUT2D eigenvalue weighted by Crippen LogP contribution is 2.34. The Hall–Kier alpha value is -3.99. The topological polar surface area (TPSA) is 108 Å². The van der Waals surface area contributed by atoms with E-state index in [9.17, 15) is 4.79 Å². The molecule has 162 valence electrons. The number of nitrogens with one attached hydrogen (secondary N) is 1. The molecule has 1 heterocycles. The Bertz CT molecular complexity index is 1150. The maximum atomic E-state index is 15.3. The van der Waals surface area contributed by atoms with E-state index in [1.165, 1.54) is 6.33 Å². The minimum atomic E-state index is -0.499. The van der Waals surface area contributed by atoms with Gasteiger partial charge in [-0.25, -0.2) is 9.97 Å². The van der Waals surface area contributed by atoms with Crippen molar-refractivity contribution >= 4 is 17.5 Å². The smallest absolute Gasteiger partial charge is 0.221 e. The molecule has 8 heteroatoms. The number of amides is 1. The van der Waals surface area contributed by atoms with E-state index in [-0.39, 0.29) is 30.0 Å². The minimum Gasteiger partial charge on any atom is -0.369 e. The number of aromatic nitrogens is 2. The molecule has 0 unspecified atom stereocenters. The molecule has 4 rings (SSSR count). The van der Waals surface area contributed by atoms with Crippen LogP contribution in [0.2, 0.25) is 0 Å². The number of nitriles is 1. The van der Waals surface area contributed by atoms with Gasteiger partial charge in [0.05, 0.1) is 18.1 Å². The molecule has 0 spiro atoms. The van der Waals surface area contributed by atoms with E-state index < -0.39 is 5.82 Å². The van der Waals surface area contributed by atoms with Gasteiger partial charge in [0.1, 0.15) is 6.33 Å². The second kappa shape index (κ2) is 9.43. The molecule has 2 aromatic carbocycles. The lowest BCUT2D eigenvalue weighted by Crippen LogP contribution is -2.27. The number of primary amides is 1. The van der Waals surface area contributed by atoms with E-state index in [0.29, 0.717) is 18.7 Å². The molecule has 3 N–H and O–H groups in total. The molecule has 7 nitrogen and oxygen atoms in total. The number of nitrogens with two attached hydrogens (primary N) is 1. The second-order valence-corrected chi connectivity index (χ2v) is 7.84. The molecule has 32 heavy (non-hydrogen) atoms. The van der Waals surface area contributed by atoms with Crippen LogP contribution in [0.5, 0.6) is 0 Å². The van der Waals surface area contributed by atoms with Gasteiger partial charge in [-0.15, -0.1) is 0 Å². The number of nitrogens with zero attached hydrogens (tertiary/aromatic N) is 4. The lowest BCUT2D eigenvalue weighted by molar-refractivity contribution is -0.117. The van der Waals surface area contributed by atoms with Crippen LogP contribution < -0.4 is 16.0 Å². The molecule has 1 amide bonds. The van der Waals surface area contributed by atoms with E-state index in [1.54, 1.807) is 6.07 Å². The zero-order chi connectivity index (χ0) is 22.5. The molecule has 1 aromatic heterocycles. The first-order valence-electron chi connectivity index (χ1n) is 10.4. The highest BCUT2D eigenvalue weighted by molar-refractivity contribution is 5.76. The molecular weight excluding hydrogens is 407 g/mol. The molecule has 1 aliphatic rings. The molecule has 3 aromatic rings. The van der Waals surface area contributed by atoms with E-state index in [1.807, 2.05) is 47.4 Å². The van der Waals surface area contributed by atoms with Crippen molar-refractivity contribution in [3.05, 3.63) is 82.9 Å². The molecule has 0 radical (unpaired) electrons. The Morgan fingerprint density at radius 3 is 2.59 bits per heavy atom. The number of halogens is 1. The van der Waals surface area contributed by atoms with Crippen molar-refractivity contribution in [3.8, 4) is 6.07 Å². The third-order valence-electron chi connectivity index (χ3n) is 5.30. The number of carbonyl (C=O) groups excluding carboxylic acids is 1. The normalized spacial score (nSPS) is 12.8. The molecule has 0 atom stereocenters. The van der Waals surface area contributed by atoms with Crippen LogP contribution >= 0.6 is 0 Å². The lowest BCUT2D eigenvalue weighted by atomic mass is 10.1. The molecule has 1 fully saturated rings. The maximum Gasteiger partial charge on any atom is 0.221 e. The SMILES string of the molecule is N#Cc1cccc(CN(c2ncnc(NCc3ccc(CC(N)=O)cc3)c2F)C2CC2)c1. The quantitative estimate of drug-likeness (QED) is 0.539. The fourth-order valence-electron chi connectivity index (χ4n) is 3.55. The van der Waals surface area contributed by atoms with Crippen LogP contribution in [0.15, 0.2) is 54.9 Å². The van der Waals surface area contributed by atoms with Gasteiger partial charge in [-0.1, -0.05) is 36.4 Å². The van der Waals surface area contributed by atoms with Gasteiger partial charge in [-0.2, -0.15) is 9.65 Å². The largest absolute Gasteiger partial charge is 0.369 e. The Balaban J connectivity index is 1.49. The van der Waals surface area contributed by atoms with Crippen molar-refractivity contribution in [1.82, 2.24) is 9.97 Å². The summed E-state index contributed by atoms with van der Waals surface area (Å²) in [5, 5.41) is 12.2. The van der Waals surface area contributed by atoms with Crippen LogP contribution in [0.3, 0.4) is 0 Å². The monoisotopic (exact) mass is 430 g/mol. The molecule has 1 saturated carbocycles. The molecule has 0 bridgehead atoms. The van der Waals surface area contributed by atoms with E-state index in [4.69, 9.17) is 11.0 Å². The summed E-state index contributed by atoms with van der Waals surface area (Å²) < 4.78 is 15.3. The predicted octanol–water partition coefficient (Wildman–Crippen LogP) is 3.30. The molecule has 0 saturated heterocycles. The fourth-order valence-corrected chi connectivity index (χ4v) is 3.55. The van der Waals surface area contributed by atoms with Crippen molar-refractivity contribution in [3.63, 3.8) is 0 Å². The van der Waals surface area contributed by atoms with Crippen LogP contribution in [-0.4, -0.2) is 21.9 Å². The van der Waals surface area contributed by atoms with Gasteiger partial charge in [0.2, 0.25) is 11.7 Å². The van der Waals surface area contributed by atoms with Crippen molar-refractivity contribution in [1.29, 1.82) is 5.26 Å². The van der Waals surface area contributed by atoms with Gasteiger partial charge in [-0.05, 0) is 41.7 Å². The van der Waals surface area contributed by atoms with Gasteiger partial charge in [0.25, 0.3) is 0 Å². The number of hydrogen-bond acceptors (Lipinski definition) is 6. The van der Waals surface area contributed by atoms with Crippen molar-refractivity contribution in [2.24, 2.45) is 5.73 Å². The van der Waals surface area contributed by atoms with Crippen molar-refractivity contribution in [2.45, 2.75) is 38.4 Å². The Morgan fingerprint density at radius 2 is 1.91 bits per heavy atom. The standard InChI is InChI=1S/C24H23FN6O/c25-22-23(28-13-17-6-4-16(5-7-17)11-21(27)32)29-15-30-24(22)31(20-8-9-20)14-19-3-1-2-18(10-19)12-26/h1-7,10,15,20H,8-9,11,13-14H2,(H2,27,32)(H,28,29,30). The fraction of sp³-hybridized carbons (Fsp3) is 0.250. The highest BCUT2D eigenvalue weighted by Gasteiger charge is 2.32. The van der Waals surface area contributed by atoms with E-state index >= 15 is 4.39 Å². The molecule has 0 aliphatic heterocycles. The van der Waals surface area contributed by atoms with Gasteiger partial charge >= 0.3 is 0 Å². The summed E-state index contributed by atoms with van der Waals surface area (Å²) in [5.74, 6) is -0.496. The van der Waals surface area contributed by atoms with Gasteiger partial charge in [0.15, 0.2) is 11.6 Å². The lowest BCUT2D eigenvalue weighted by Gasteiger charge is -2.24. The van der Waals surface area contributed by atoms with Crippen LogP contribution in [0.1, 0.15) is 35.1 Å². The predicted molar refractivity (Wildman–Crippen MR) is 119 cm³/mol. The third-order valence-corrected chi connectivity index (χ3v) is 5.30. The summed E-state index contributed by atoms with van der Waals surface area (Å²) in [7, 11) is 0. The summed E-state index contributed by atoms with van der Waals surface area (Å²) in [4.78, 5) is 21.3.